The van der Waals surface area contributed by atoms with Crippen LogP contribution in [0.1, 0.15) is 25.8 Å². The van der Waals surface area contributed by atoms with Crippen molar-refractivity contribution in [2.75, 3.05) is 82.0 Å². The Morgan fingerprint density at radius 1 is 1.05 bits per heavy atom. The van der Waals surface area contributed by atoms with Crippen LogP contribution in [0.5, 0.6) is 0 Å². The van der Waals surface area contributed by atoms with E-state index >= 15 is 0 Å². The van der Waals surface area contributed by atoms with Crippen molar-refractivity contribution < 1.29 is 14.3 Å². The molecule has 2 aromatic rings. The lowest BCUT2D eigenvalue weighted by atomic mass is 10.1. The van der Waals surface area contributed by atoms with E-state index in [-0.39, 0.29) is 6.09 Å². The number of fused-ring (bicyclic) bond motifs is 1. The molecule has 0 spiro atoms. The number of rotatable bonds is 7. The van der Waals surface area contributed by atoms with Crippen LogP contribution in [-0.4, -0.2) is 104 Å². The molecule has 3 aliphatic rings. The standard InChI is InChI=1S/C27H37ClN6O3/c1-3-37-27(35)33-13-11-32(12-14-33)22-7-5-21(6-8-22)25-29-24(28)23-19-20(2)34(26(23)30-25)10-4-9-31-15-17-36-18-16-31/h5-8,20H,3-4,9-19H2,1-2H3. The van der Waals surface area contributed by atoms with E-state index in [1.165, 1.54) is 0 Å². The molecule has 2 saturated heterocycles. The molecule has 1 aromatic carbocycles. The van der Waals surface area contributed by atoms with Gasteiger partial charge < -0.3 is 24.2 Å². The van der Waals surface area contributed by atoms with Crippen LogP contribution in [0.4, 0.5) is 16.3 Å². The summed E-state index contributed by atoms with van der Waals surface area (Å²) in [6.45, 7) is 13.1. The average molecular weight is 529 g/mol. The molecule has 5 rings (SSSR count). The van der Waals surface area contributed by atoms with Gasteiger partial charge in [0.05, 0.1) is 19.8 Å². The predicted molar refractivity (Wildman–Crippen MR) is 146 cm³/mol. The fraction of sp³-hybridized carbons (Fsp3) is 0.593. The molecule has 1 amide bonds. The Balaban J connectivity index is 1.24. The number of amides is 1. The van der Waals surface area contributed by atoms with E-state index < -0.39 is 0 Å². The Morgan fingerprint density at radius 2 is 1.78 bits per heavy atom. The number of piperazine rings is 1. The Kier molecular flexibility index (Phi) is 8.32. The van der Waals surface area contributed by atoms with Crippen molar-refractivity contribution >= 4 is 29.2 Å². The lowest BCUT2D eigenvalue weighted by Crippen LogP contribution is -2.49. The molecule has 9 nitrogen and oxygen atoms in total. The van der Waals surface area contributed by atoms with Gasteiger partial charge in [0.25, 0.3) is 0 Å². The van der Waals surface area contributed by atoms with Gasteiger partial charge in [0.1, 0.15) is 11.0 Å². The highest BCUT2D eigenvalue weighted by atomic mass is 35.5. The molecule has 1 atom stereocenters. The molecule has 2 fully saturated rings. The van der Waals surface area contributed by atoms with Crippen LogP contribution in [0.15, 0.2) is 24.3 Å². The first-order valence-electron chi connectivity index (χ1n) is 13.4. The molecule has 0 bridgehead atoms. The minimum atomic E-state index is -0.229. The van der Waals surface area contributed by atoms with E-state index in [0.29, 0.717) is 36.7 Å². The molecule has 4 heterocycles. The molecule has 1 aromatic heterocycles. The highest BCUT2D eigenvalue weighted by molar-refractivity contribution is 6.30. The quantitative estimate of drug-likeness (QED) is 0.505. The molecule has 0 radical (unpaired) electrons. The van der Waals surface area contributed by atoms with Crippen molar-refractivity contribution in [3.63, 3.8) is 0 Å². The summed E-state index contributed by atoms with van der Waals surface area (Å²) in [5, 5.41) is 0.557. The minimum absolute atomic E-state index is 0.229. The zero-order chi connectivity index (χ0) is 25.8. The SMILES string of the molecule is CCOC(=O)N1CCN(c2ccc(-c3nc(Cl)c4c(n3)N(CCCN3CCOCC3)C(C)C4)cc2)CC1. The Bertz CT molecular complexity index is 1070. The maximum atomic E-state index is 12.0. The van der Waals surface area contributed by atoms with E-state index in [2.05, 4.69) is 50.9 Å². The molecule has 200 valence electrons. The molecule has 3 aliphatic heterocycles. The number of aromatic nitrogens is 2. The van der Waals surface area contributed by atoms with Gasteiger partial charge in [0, 0.05) is 75.2 Å². The van der Waals surface area contributed by atoms with Gasteiger partial charge in [0.2, 0.25) is 0 Å². The van der Waals surface area contributed by atoms with Gasteiger partial charge >= 0.3 is 6.09 Å². The number of ether oxygens (including phenoxy) is 2. The van der Waals surface area contributed by atoms with E-state index in [1.807, 2.05) is 6.92 Å². The first-order chi connectivity index (χ1) is 18.0. The summed E-state index contributed by atoms with van der Waals surface area (Å²) in [6, 6.07) is 8.68. The molecule has 0 aliphatic carbocycles. The molecule has 0 N–H and O–H groups in total. The van der Waals surface area contributed by atoms with Crippen molar-refractivity contribution in [2.45, 2.75) is 32.7 Å². The van der Waals surface area contributed by atoms with Crippen molar-refractivity contribution in [3.05, 3.63) is 35.0 Å². The highest BCUT2D eigenvalue weighted by Crippen LogP contribution is 2.36. The number of hydrogen-bond acceptors (Lipinski definition) is 8. The number of halogens is 1. The predicted octanol–water partition coefficient (Wildman–Crippen LogP) is 3.55. The number of carbonyl (C=O) groups is 1. The first-order valence-corrected chi connectivity index (χ1v) is 13.8. The van der Waals surface area contributed by atoms with Crippen molar-refractivity contribution in [3.8, 4) is 11.4 Å². The van der Waals surface area contributed by atoms with Gasteiger partial charge in [-0.1, -0.05) is 11.6 Å². The number of anilines is 2. The summed E-state index contributed by atoms with van der Waals surface area (Å²) in [5.41, 5.74) is 3.13. The van der Waals surface area contributed by atoms with Crippen molar-refractivity contribution in [1.29, 1.82) is 0 Å². The second-order valence-corrected chi connectivity index (χ2v) is 10.3. The van der Waals surface area contributed by atoms with E-state index in [1.54, 1.807) is 4.90 Å². The number of carbonyl (C=O) groups excluding carboxylic acids is 1. The third kappa shape index (κ3) is 5.94. The fourth-order valence-electron chi connectivity index (χ4n) is 5.40. The summed E-state index contributed by atoms with van der Waals surface area (Å²) in [6.07, 6.45) is 1.73. The van der Waals surface area contributed by atoms with Crippen LogP contribution in [0.3, 0.4) is 0 Å². The molecule has 0 saturated carbocycles. The topological polar surface area (TPSA) is 74.3 Å². The van der Waals surface area contributed by atoms with E-state index in [0.717, 1.165) is 88.0 Å². The van der Waals surface area contributed by atoms with Crippen molar-refractivity contribution in [1.82, 2.24) is 19.8 Å². The fourth-order valence-corrected chi connectivity index (χ4v) is 5.64. The van der Waals surface area contributed by atoms with Gasteiger partial charge in [-0.15, -0.1) is 0 Å². The van der Waals surface area contributed by atoms with Gasteiger partial charge in [-0.05, 0) is 51.0 Å². The summed E-state index contributed by atoms with van der Waals surface area (Å²) >= 11 is 6.68. The number of morpholine rings is 1. The Hall–Kier alpha value is -2.62. The average Bonchev–Trinajstić information content (AvgIpc) is 3.25. The van der Waals surface area contributed by atoms with Gasteiger partial charge in [-0.25, -0.2) is 14.8 Å². The monoisotopic (exact) mass is 528 g/mol. The van der Waals surface area contributed by atoms with Crippen LogP contribution in [0, 0.1) is 0 Å². The second kappa shape index (κ2) is 11.8. The number of nitrogens with zero attached hydrogens (tertiary/aromatic N) is 6. The lowest BCUT2D eigenvalue weighted by molar-refractivity contribution is 0.0376. The first kappa shape index (κ1) is 26.0. The maximum absolute atomic E-state index is 12.0. The van der Waals surface area contributed by atoms with Gasteiger partial charge in [-0.3, -0.25) is 4.90 Å². The van der Waals surface area contributed by atoms with E-state index in [9.17, 15) is 4.79 Å². The summed E-state index contributed by atoms with van der Waals surface area (Å²) < 4.78 is 10.6. The van der Waals surface area contributed by atoms with Crippen LogP contribution in [0.25, 0.3) is 11.4 Å². The number of hydrogen-bond donors (Lipinski definition) is 0. The Labute approximate surface area is 224 Å². The second-order valence-electron chi connectivity index (χ2n) is 9.91. The van der Waals surface area contributed by atoms with Crippen LogP contribution in [-0.2, 0) is 15.9 Å². The largest absolute Gasteiger partial charge is 0.450 e. The molecule has 1 unspecified atom stereocenters. The summed E-state index contributed by atoms with van der Waals surface area (Å²) in [7, 11) is 0. The smallest absolute Gasteiger partial charge is 0.409 e. The summed E-state index contributed by atoms with van der Waals surface area (Å²) in [4.78, 5) is 30.6. The van der Waals surface area contributed by atoms with Gasteiger partial charge in [-0.2, -0.15) is 0 Å². The molecular weight excluding hydrogens is 492 g/mol. The third-order valence-corrected chi connectivity index (χ3v) is 7.82. The molecule has 37 heavy (non-hydrogen) atoms. The number of benzene rings is 1. The van der Waals surface area contributed by atoms with Crippen LogP contribution < -0.4 is 9.80 Å². The maximum Gasteiger partial charge on any atom is 0.409 e. The minimum Gasteiger partial charge on any atom is -0.450 e. The molecule has 10 heteroatoms. The highest BCUT2D eigenvalue weighted by Gasteiger charge is 2.31. The zero-order valence-corrected chi connectivity index (χ0v) is 22.6. The molecular formula is C27H37ClN6O3. The van der Waals surface area contributed by atoms with Crippen molar-refractivity contribution in [2.24, 2.45) is 0 Å². The van der Waals surface area contributed by atoms with Crippen LogP contribution >= 0.6 is 11.6 Å². The third-order valence-electron chi connectivity index (χ3n) is 7.51. The van der Waals surface area contributed by atoms with Gasteiger partial charge in [0.15, 0.2) is 5.82 Å². The van der Waals surface area contributed by atoms with E-state index in [4.69, 9.17) is 26.1 Å². The Morgan fingerprint density at radius 3 is 2.49 bits per heavy atom. The zero-order valence-electron chi connectivity index (χ0n) is 21.9. The summed E-state index contributed by atoms with van der Waals surface area (Å²) in [5.74, 6) is 1.64. The normalized spacial score (nSPS) is 20.3. The lowest BCUT2D eigenvalue weighted by Gasteiger charge is -2.35. The van der Waals surface area contributed by atoms with Crippen LogP contribution in [0.2, 0.25) is 5.15 Å².